The Bertz CT molecular complexity index is 1470. The molecule has 5 unspecified atom stereocenters. The van der Waals surface area contributed by atoms with Crippen molar-refractivity contribution in [2.45, 2.75) is 68.3 Å². The SMILES string of the molecule is CC1OC(OC[C@H]2OC(Oc3c(-c4ccc(O)cc4)oc4cc(O)cc(O)c4c3=O)[C@H](O)C(O)[C@@H]2O)[C@H](O)[C@H](O)C1O. The van der Waals surface area contributed by atoms with Gasteiger partial charge in [0.05, 0.1) is 12.7 Å². The molecule has 0 bridgehead atoms. The first kappa shape index (κ1) is 30.0. The van der Waals surface area contributed by atoms with Crippen LogP contribution in [0.25, 0.3) is 22.3 Å². The summed E-state index contributed by atoms with van der Waals surface area (Å²) in [6.45, 7) is 0.866. The minimum absolute atomic E-state index is 0.103. The topological polar surface area (TPSA) is 249 Å². The molecule has 0 radical (unpaired) electrons. The van der Waals surface area contributed by atoms with Crippen LogP contribution in [0.2, 0.25) is 0 Å². The van der Waals surface area contributed by atoms with Crippen molar-refractivity contribution in [2.24, 2.45) is 0 Å². The van der Waals surface area contributed by atoms with Crippen molar-refractivity contribution in [3.8, 4) is 34.3 Å². The molecule has 0 aliphatic carbocycles. The number of aromatic hydroxyl groups is 3. The van der Waals surface area contributed by atoms with Crippen LogP contribution >= 0.6 is 0 Å². The van der Waals surface area contributed by atoms with Gasteiger partial charge in [0.25, 0.3) is 0 Å². The molecule has 2 aliphatic rings. The summed E-state index contributed by atoms with van der Waals surface area (Å²) in [6.07, 6.45) is -15.8. The van der Waals surface area contributed by atoms with Crippen molar-refractivity contribution < 1.29 is 69.3 Å². The molecule has 2 aromatic carbocycles. The van der Waals surface area contributed by atoms with Crippen molar-refractivity contribution in [3.63, 3.8) is 0 Å². The minimum atomic E-state index is -1.92. The number of aliphatic hydroxyl groups is 6. The van der Waals surface area contributed by atoms with E-state index in [1.54, 1.807) is 0 Å². The lowest BCUT2D eigenvalue weighted by Gasteiger charge is -2.42. The molecule has 0 amide bonds. The van der Waals surface area contributed by atoms with Crippen LogP contribution in [-0.2, 0) is 14.2 Å². The second-order valence-electron chi connectivity index (χ2n) is 10.1. The van der Waals surface area contributed by atoms with E-state index in [1.807, 2.05) is 0 Å². The Morgan fingerprint density at radius 2 is 1.40 bits per heavy atom. The lowest BCUT2D eigenvalue weighted by atomic mass is 9.98. The monoisotopic (exact) mass is 594 g/mol. The molecule has 0 spiro atoms. The minimum Gasteiger partial charge on any atom is -0.508 e. The van der Waals surface area contributed by atoms with Crippen LogP contribution in [-0.4, -0.2) is 114 Å². The molecule has 1 aromatic heterocycles. The van der Waals surface area contributed by atoms with E-state index in [9.17, 15) is 50.8 Å². The Morgan fingerprint density at radius 1 is 0.762 bits per heavy atom. The Morgan fingerprint density at radius 3 is 2.10 bits per heavy atom. The van der Waals surface area contributed by atoms with Gasteiger partial charge < -0.3 is 69.3 Å². The van der Waals surface area contributed by atoms with Gasteiger partial charge in [0.2, 0.25) is 17.5 Å². The van der Waals surface area contributed by atoms with E-state index in [4.69, 9.17) is 23.4 Å². The number of ether oxygens (including phenoxy) is 4. The highest BCUT2D eigenvalue weighted by molar-refractivity contribution is 5.88. The Labute approximate surface area is 236 Å². The van der Waals surface area contributed by atoms with Gasteiger partial charge in [-0.1, -0.05) is 0 Å². The summed E-state index contributed by atoms with van der Waals surface area (Å²) < 4.78 is 28.0. The number of rotatable bonds is 6. The second-order valence-corrected chi connectivity index (χ2v) is 10.1. The molecule has 15 nitrogen and oxygen atoms in total. The molecule has 15 heteroatoms. The number of phenols is 3. The third-order valence-electron chi connectivity index (χ3n) is 7.18. The summed E-state index contributed by atoms with van der Waals surface area (Å²) in [4.78, 5) is 13.5. The molecule has 9 N–H and O–H groups in total. The first-order chi connectivity index (χ1) is 19.9. The zero-order valence-electron chi connectivity index (χ0n) is 21.9. The zero-order valence-corrected chi connectivity index (χ0v) is 21.9. The van der Waals surface area contributed by atoms with E-state index in [-0.39, 0.29) is 28.0 Å². The van der Waals surface area contributed by atoms with Gasteiger partial charge in [0.15, 0.2) is 12.1 Å². The van der Waals surface area contributed by atoms with Gasteiger partial charge in [-0.25, -0.2) is 0 Å². The van der Waals surface area contributed by atoms with E-state index in [0.717, 1.165) is 12.1 Å². The fourth-order valence-electron chi connectivity index (χ4n) is 4.79. The fourth-order valence-corrected chi connectivity index (χ4v) is 4.79. The maximum Gasteiger partial charge on any atom is 0.239 e. The van der Waals surface area contributed by atoms with Gasteiger partial charge in [-0.15, -0.1) is 0 Å². The molecule has 2 saturated heterocycles. The summed E-state index contributed by atoms with van der Waals surface area (Å²) in [6, 6.07) is 7.33. The van der Waals surface area contributed by atoms with Gasteiger partial charge in [0.1, 0.15) is 70.9 Å². The molecular weight excluding hydrogens is 564 g/mol. The second kappa shape index (κ2) is 11.6. The molecule has 2 aliphatic heterocycles. The number of fused-ring (bicyclic) bond motifs is 1. The highest BCUT2D eigenvalue weighted by Crippen LogP contribution is 2.37. The Balaban J connectivity index is 1.46. The summed E-state index contributed by atoms with van der Waals surface area (Å²) in [7, 11) is 0. The van der Waals surface area contributed by atoms with Gasteiger partial charge in [-0.2, -0.15) is 0 Å². The van der Waals surface area contributed by atoms with Gasteiger partial charge >= 0.3 is 0 Å². The van der Waals surface area contributed by atoms with Crippen molar-refractivity contribution in [2.75, 3.05) is 6.61 Å². The molecule has 5 rings (SSSR count). The molecule has 2 fully saturated rings. The molecule has 3 aromatic rings. The van der Waals surface area contributed by atoms with Crippen LogP contribution in [0.1, 0.15) is 6.92 Å². The lowest BCUT2D eigenvalue weighted by Crippen LogP contribution is -2.61. The molecule has 3 heterocycles. The summed E-state index contributed by atoms with van der Waals surface area (Å²) in [5.41, 5.74) is -0.956. The zero-order chi connectivity index (χ0) is 30.5. The molecular formula is C27H30O15. The van der Waals surface area contributed by atoms with Crippen LogP contribution in [0.5, 0.6) is 23.0 Å². The van der Waals surface area contributed by atoms with Gasteiger partial charge in [0, 0.05) is 17.7 Å². The van der Waals surface area contributed by atoms with Crippen LogP contribution in [0, 0.1) is 0 Å². The third kappa shape index (κ3) is 5.49. The maximum atomic E-state index is 13.5. The normalized spacial score (nSPS) is 33.5. The van der Waals surface area contributed by atoms with Crippen molar-refractivity contribution >= 4 is 11.0 Å². The smallest absolute Gasteiger partial charge is 0.239 e. The maximum absolute atomic E-state index is 13.5. The third-order valence-corrected chi connectivity index (χ3v) is 7.18. The first-order valence-corrected chi connectivity index (χ1v) is 12.9. The number of hydrogen-bond acceptors (Lipinski definition) is 15. The highest BCUT2D eigenvalue weighted by atomic mass is 16.7. The van der Waals surface area contributed by atoms with Gasteiger partial charge in [-0.3, -0.25) is 4.79 Å². The molecule has 228 valence electrons. The highest BCUT2D eigenvalue weighted by Gasteiger charge is 2.47. The van der Waals surface area contributed by atoms with Crippen molar-refractivity contribution in [1.82, 2.24) is 0 Å². The van der Waals surface area contributed by atoms with E-state index in [1.165, 1.54) is 31.2 Å². The Kier molecular flexibility index (Phi) is 8.30. The predicted octanol–water partition coefficient (Wildman–Crippen LogP) is -1.39. The predicted molar refractivity (Wildman–Crippen MR) is 139 cm³/mol. The van der Waals surface area contributed by atoms with E-state index in [0.29, 0.717) is 0 Å². The van der Waals surface area contributed by atoms with E-state index in [2.05, 4.69) is 0 Å². The molecule has 10 atom stereocenters. The quantitative estimate of drug-likeness (QED) is 0.159. The number of phenolic OH excluding ortho intramolecular Hbond substituents is 3. The number of aliphatic hydroxyl groups excluding tert-OH is 6. The fraction of sp³-hybridized carbons (Fsp3) is 0.444. The van der Waals surface area contributed by atoms with Gasteiger partial charge in [-0.05, 0) is 31.2 Å². The van der Waals surface area contributed by atoms with E-state index < -0.39 is 90.7 Å². The van der Waals surface area contributed by atoms with Crippen LogP contribution in [0.3, 0.4) is 0 Å². The standard InChI is InChI=1S/C27H30O15/c1-9-17(31)20(34)22(36)26(39-9)38-8-15-18(32)21(35)23(37)27(41-15)42-25-19(33)16-13(30)6-12(29)7-14(16)40-24(25)10-2-4-11(28)5-3-10/h2-7,9,15,17-18,20-23,26-32,34-37H,8H2,1H3/t9?,15-,17?,18-,20-,21?,22-,23-,26?,27?/m1/s1. The summed E-state index contributed by atoms with van der Waals surface area (Å²) >= 11 is 0. The average molecular weight is 595 g/mol. The molecule has 0 saturated carbocycles. The van der Waals surface area contributed by atoms with Crippen LogP contribution in [0.15, 0.2) is 45.6 Å². The summed E-state index contributed by atoms with van der Waals surface area (Å²) in [5, 5.41) is 91.4. The lowest BCUT2D eigenvalue weighted by molar-refractivity contribution is -0.318. The van der Waals surface area contributed by atoms with Crippen LogP contribution < -0.4 is 10.2 Å². The number of benzene rings is 2. The summed E-state index contributed by atoms with van der Waals surface area (Å²) in [5.74, 6) is -1.97. The Hall–Kier alpha value is -3.51. The van der Waals surface area contributed by atoms with Crippen LogP contribution in [0.4, 0.5) is 0 Å². The molecule has 42 heavy (non-hydrogen) atoms. The van der Waals surface area contributed by atoms with E-state index >= 15 is 0 Å². The van der Waals surface area contributed by atoms with Crippen molar-refractivity contribution in [1.29, 1.82) is 0 Å². The largest absolute Gasteiger partial charge is 0.508 e. The average Bonchev–Trinajstić information content (AvgIpc) is 2.95. The first-order valence-electron chi connectivity index (χ1n) is 12.9. The number of hydrogen-bond donors (Lipinski definition) is 9. The van der Waals surface area contributed by atoms with Crippen molar-refractivity contribution in [3.05, 3.63) is 46.6 Å².